The first-order chi connectivity index (χ1) is 6.45. The number of halogens is 4. The predicted molar refractivity (Wildman–Crippen MR) is 46.3 cm³/mol. The molecule has 14 heavy (non-hydrogen) atoms. The molecule has 0 unspecified atom stereocenters. The molecule has 0 N–H and O–H groups in total. The number of rotatable bonds is 3. The van der Waals surface area contributed by atoms with Crippen molar-refractivity contribution in [2.75, 3.05) is 6.61 Å². The molecule has 0 radical (unpaired) electrons. The maximum Gasteiger partial charge on any atom is 0.512 e. The fraction of sp³-hybridized carbons (Fsp3) is 0.250. The van der Waals surface area contributed by atoms with Gasteiger partial charge in [-0.3, -0.25) is 0 Å². The van der Waals surface area contributed by atoms with Crippen LogP contribution in [0.4, 0.5) is 17.3 Å². The Hall–Kier alpha value is -1.20. The molecule has 1 aromatic rings. The highest BCUT2D eigenvalue weighted by Crippen LogP contribution is 2.16. The van der Waals surface area contributed by atoms with E-state index < -0.39 is 18.3 Å². The summed E-state index contributed by atoms with van der Waals surface area (Å²) in [6.07, 6.45) is 0. The number of ether oxygens (including phenoxy) is 1. The first kappa shape index (κ1) is 10.9. The quantitative estimate of drug-likeness (QED) is 0.545. The lowest BCUT2D eigenvalue weighted by molar-refractivity contribution is 0.338. The minimum Gasteiger partial charge on any atom is -0.494 e. The van der Waals surface area contributed by atoms with Crippen LogP contribution in [-0.4, -0.2) is 13.6 Å². The molecule has 0 amide bonds. The van der Waals surface area contributed by atoms with Crippen LogP contribution in [0.2, 0.25) is 0 Å². The van der Waals surface area contributed by atoms with E-state index in [2.05, 4.69) is 0 Å². The molecule has 0 heterocycles. The largest absolute Gasteiger partial charge is 0.512 e. The van der Waals surface area contributed by atoms with Gasteiger partial charge in [-0.15, -0.1) is 0 Å². The topological polar surface area (TPSA) is 9.23 Å². The van der Waals surface area contributed by atoms with Crippen LogP contribution in [0.15, 0.2) is 18.2 Å². The Kier molecular flexibility index (Phi) is 3.03. The molecule has 0 atom stereocenters. The fourth-order valence-electron chi connectivity index (χ4n) is 1.03. The second-order valence-electron chi connectivity index (χ2n) is 2.69. The maximum absolute atomic E-state index is 12.9. The summed E-state index contributed by atoms with van der Waals surface area (Å²) in [5, 5.41) is 0. The van der Waals surface area contributed by atoms with Crippen LogP contribution in [0.25, 0.3) is 0 Å². The third-order valence-corrected chi connectivity index (χ3v) is 1.64. The minimum atomic E-state index is -5.29. The van der Waals surface area contributed by atoms with Crippen LogP contribution in [-0.2, 0) is 0 Å². The Bertz CT molecular complexity index is 324. The Labute approximate surface area is 78.7 Å². The van der Waals surface area contributed by atoms with E-state index in [1.165, 1.54) is 0 Å². The van der Waals surface area contributed by atoms with Gasteiger partial charge >= 0.3 is 6.98 Å². The summed E-state index contributed by atoms with van der Waals surface area (Å²) in [6.45, 7) is -3.33. The first-order valence-electron chi connectivity index (χ1n) is 4.07. The summed E-state index contributed by atoms with van der Waals surface area (Å²) in [7, 11) is 0. The van der Waals surface area contributed by atoms with Crippen LogP contribution in [0.5, 0.6) is 5.75 Å². The van der Waals surface area contributed by atoms with Crippen molar-refractivity contribution in [1.82, 2.24) is 0 Å². The normalized spacial score (nSPS) is 11.5. The monoisotopic (exact) mass is 207 g/mol. The van der Waals surface area contributed by atoms with Crippen molar-refractivity contribution in [3.63, 3.8) is 0 Å². The van der Waals surface area contributed by atoms with E-state index in [-0.39, 0.29) is 12.4 Å². The predicted octanol–water partition coefficient (Wildman–Crippen LogP) is 2.28. The summed E-state index contributed by atoms with van der Waals surface area (Å²) in [5.74, 6) is -1.18. The molecule has 1 aromatic carbocycles. The molecule has 1 nitrogen and oxygen atoms in total. The summed E-state index contributed by atoms with van der Waals surface area (Å²) < 4.78 is 54.2. The molecule has 6 heteroatoms. The van der Waals surface area contributed by atoms with E-state index >= 15 is 0 Å². The molecule has 0 aromatic heterocycles. The molecule has 0 spiro atoms. The highest BCUT2D eigenvalue weighted by atomic mass is 19.4. The molecule has 78 valence electrons. The molecular formula is C8H8BF4O-. The molecule has 0 aliphatic carbocycles. The third-order valence-electron chi connectivity index (χ3n) is 1.64. The van der Waals surface area contributed by atoms with Crippen LogP contribution >= 0.6 is 0 Å². The SMILES string of the molecule is CCOc1ccc([B-](F)(F)F)c(F)c1. The summed E-state index contributed by atoms with van der Waals surface area (Å²) in [6, 6.07) is 2.55. The Morgan fingerprint density at radius 2 is 1.93 bits per heavy atom. The average molecular weight is 207 g/mol. The molecular weight excluding hydrogens is 199 g/mol. The molecule has 0 fully saturated rings. The van der Waals surface area contributed by atoms with E-state index in [4.69, 9.17) is 4.74 Å². The van der Waals surface area contributed by atoms with Crippen LogP contribution in [0.1, 0.15) is 6.92 Å². The molecule has 0 saturated carbocycles. The molecule has 0 saturated heterocycles. The van der Waals surface area contributed by atoms with Crippen molar-refractivity contribution in [3.8, 4) is 5.75 Å². The molecule has 1 rings (SSSR count). The second kappa shape index (κ2) is 3.90. The zero-order chi connectivity index (χ0) is 10.8. The standard InChI is InChI=1S/C8H8BF4O/c1-2-14-6-3-4-7(8(10)5-6)9(11,12)13/h3-5H,2H2,1H3/q-1. The van der Waals surface area contributed by atoms with E-state index in [1.54, 1.807) is 6.92 Å². The number of benzene rings is 1. The summed E-state index contributed by atoms with van der Waals surface area (Å²) >= 11 is 0. The lowest BCUT2D eigenvalue weighted by Gasteiger charge is -2.16. The highest BCUT2D eigenvalue weighted by Gasteiger charge is 2.28. The van der Waals surface area contributed by atoms with Gasteiger partial charge in [-0.2, -0.15) is 0 Å². The number of hydrogen-bond acceptors (Lipinski definition) is 1. The van der Waals surface area contributed by atoms with E-state index in [1.807, 2.05) is 0 Å². The van der Waals surface area contributed by atoms with Gasteiger partial charge in [0, 0.05) is 6.07 Å². The van der Waals surface area contributed by atoms with Crippen molar-refractivity contribution >= 4 is 12.4 Å². The average Bonchev–Trinajstić information content (AvgIpc) is 2.02. The molecule has 0 bridgehead atoms. The van der Waals surface area contributed by atoms with Gasteiger partial charge in [-0.1, -0.05) is 11.5 Å². The smallest absolute Gasteiger partial charge is 0.494 e. The van der Waals surface area contributed by atoms with E-state index in [0.29, 0.717) is 6.07 Å². The maximum atomic E-state index is 12.9. The van der Waals surface area contributed by atoms with Crippen LogP contribution in [0.3, 0.4) is 0 Å². The summed E-state index contributed by atoms with van der Waals surface area (Å²) in [5.41, 5.74) is -1.21. The second-order valence-corrected chi connectivity index (χ2v) is 2.69. The van der Waals surface area contributed by atoms with Crippen LogP contribution in [0, 0.1) is 5.82 Å². The van der Waals surface area contributed by atoms with Gasteiger partial charge in [-0.05, 0) is 13.0 Å². The van der Waals surface area contributed by atoms with Crippen molar-refractivity contribution in [2.45, 2.75) is 6.92 Å². The Balaban J connectivity index is 3.02. The van der Waals surface area contributed by atoms with E-state index in [9.17, 15) is 17.3 Å². The molecule has 0 aliphatic heterocycles. The van der Waals surface area contributed by atoms with E-state index in [0.717, 1.165) is 12.1 Å². The van der Waals surface area contributed by atoms with Gasteiger partial charge in [0.1, 0.15) is 5.75 Å². The third kappa shape index (κ3) is 2.40. The minimum absolute atomic E-state index is 0.105. The Morgan fingerprint density at radius 1 is 1.29 bits per heavy atom. The fourth-order valence-corrected chi connectivity index (χ4v) is 1.03. The lowest BCUT2D eigenvalue weighted by Crippen LogP contribution is -2.36. The lowest BCUT2D eigenvalue weighted by atomic mass is 9.80. The van der Waals surface area contributed by atoms with Gasteiger partial charge in [0.25, 0.3) is 0 Å². The van der Waals surface area contributed by atoms with Crippen molar-refractivity contribution < 1.29 is 22.1 Å². The van der Waals surface area contributed by atoms with Gasteiger partial charge in [0.2, 0.25) is 0 Å². The zero-order valence-corrected chi connectivity index (χ0v) is 7.44. The summed E-state index contributed by atoms with van der Waals surface area (Å²) in [4.78, 5) is 0. The van der Waals surface area contributed by atoms with Crippen molar-refractivity contribution in [3.05, 3.63) is 24.0 Å². The first-order valence-corrected chi connectivity index (χ1v) is 4.07. The zero-order valence-electron chi connectivity index (χ0n) is 7.44. The highest BCUT2D eigenvalue weighted by molar-refractivity contribution is 6.73. The van der Waals surface area contributed by atoms with Gasteiger partial charge < -0.3 is 17.7 Å². The van der Waals surface area contributed by atoms with Gasteiger partial charge in [-0.25, -0.2) is 4.39 Å². The number of hydrogen-bond donors (Lipinski definition) is 0. The Morgan fingerprint density at radius 3 is 2.36 bits per heavy atom. The molecule has 0 aliphatic rings. The van der Waals surface area contributed by atoms with Gasteiger partial charge in [0.15, 0.2) is 0 Å². The van der Waals surface area contributed by atoms with Crippen molar-refractivity contribution in [1.29, 1.82) is 0 Å². The van der Waals surface area contributed by atoms with Gasteiger partial charge in [0.05, 0.1) is 12.4 Å². The van der Waals surface area contributed by atoms with Crippen molar-refractivity contribution in [2.24, 2.45) is 0 Å². The van der Waals surface area contributed by atoms with Crippen LogP contribution < -0.4 is 10.2 Å².